The average Bonchev–Trinajstić information content (AvgIpc) is 3.08. The largest absolute Gasteiger partial charge is 0.444 e. The quantitative estimate of drug-likeness (QED) is 0.664. The minimum Gasteiger partial charge on any atom is -0.444 e. The highest BCUT2D eigenvalue weighted by Crippen LogP contribution is 2.29. The number of piperidine rings is 1. The van der Waals surface area contributed by atoms with Crippen molar-refractivity contribution in [3.8, 4) is 0 Å². The highest BCUT2D eigenvalue weighted by Gasteiger charge is 2.25. The van der Waals surface area contributed by atoms with E-state index in [1.54, 1.807) is 5.38 Å². The van der Waals surface area contributed by atoms with Crippen molar-refractivity contribution in [1.29, 1.82) is 0 Å². The summed E-state index contributed by atoms with van der Waals surface area (Å²) in [6.45, 7) is 7.10. The van der Waals surface area contributed by atoms with Crippen molar-refractivity contribution in [3.05, 3.63) is 39.3 Å². The van der Waals surface area contributed by atoms with Gasteiger partial charge in [-0.25, -0.2) is 9.78 Å². The first-order valence-corrected chi connectivity index (χ1v) is 11.1. The molecule has 0 bridgehead atoms. The second-order valence-electron chi connectivity index (χ2n) is 7.86. The van der Waals surface area contributed by atoms with Crippen LogP contribution < -0.4 is 15.5 Å². The van der Waals surface area contributed by atoms with E-state index < -0.39 is 5.60 Å². The van der Waals surface area contributed by atoms with Crippen molar-refractivity contribution >= 4 is 50.6 Å². The zero-order valence-electron chi connectivity index (χ0n) is 16.7. The SMILES string of the molecule is CC(C)(C)OC(=O)NC1CCN(c2ccccc2NC(=O)c2csc(Br)n2)CC1. The molecule has 2 heterocycles. The molecule has 29 heavy (non-hydrogen) atoms. The summed E-state index contributed by atoms with van der Waals surface area (Å²) in [5.41, 5.74) is 1.59. The van der Waals surface area contributed by atoms with Crippen molar-refractivity contribution < 1.29 is 14.3 Å². The number of thiazole rings is 1. The van der Waals surface area contributed by atoms with Crippen LogP contribution in [0.25, 0.3) is 0 Å². The number of rotatable bonds is 4. The molecule has 0 unspecified atom stereocenters. The molecule has 0 spiro atoms. The zero-order chi connectivity index (χ0) is 21.0. The average molecular weight is 481 g/mol. The molecule has 2 amide bonds. The highest BCUT2D eigenvalue weighted by atomic mass is 79.9. The molecular weight excluding hydrogens is 456 g/mol. The van der Waals surface area contributed by atoms with E-state index in [-0.39, 0.29) is 18.0 Å². The number of alkyl carbamates (subject to hydrolysis) is 1. The summed E-state index contributed by atoms with van der Waals surface area (Å²) in [6.07, 6.45) is 1.24. The molecule has 7 nitrogen and oxygen atoms in total. The number of nitrogens with zero attached hydrogens (tertiary/aromatic N) is 2. The third-order valence-corrected chi connectivity index (χ3v) is 5.78. The Bertz CT molecular complexity index is 873. The van der Waals surface area contributed by atoms with Gasteiger partial charge in [0.2, 0.25) is 0 Å². The Labute approximate surface area is 183 Å². The van der Waals surface area contributed by atoms with Crippen LogP contribution in [0.2, 0.25) is 0 Å². The van der Waals surface area contributed by atoms with Gasteiger partial charge in [0.15, 0.2) is 3.92 Å². The molecule has 0 radical (unpaired) electrons. The van der Waals surface area contributed by atoms with Crippen LogP contribution in [-0.2, 0) is 4.74 Å². The third-order valence-electron chi connectivity index (χ3n) is 4.42. The number of carbonyl (C=O) groups excluding carboxylic acids is 2. The van der Waals surface area contributed by atoms with E-state index in [4.69, 9.17) is 4.74 Å². The summed E-state index contributed by atoms with van der Waals surface area (Å²) < 4.78 is 6.02. The molecule has 1 aliphatic rings. The fourth-order valence-electron chi connectivity index (χ4n) is 3.14. The monoisotopic (exact) mass is 480 g/mol. The van der Waals surface area contributed by atoms with Gasteiger partial charge in [-0.1, -0.05) is 12.1 Å². The van der Waals surface area contributed by atoms with Crippen LogP contribution in [0, 0.1) is 0 Å². The lowest BCUT2D eigenvalue weighted by Gasteiger charge is -2.35. The van der Waals surface area contributed by atoms with Gasteiger partial charge in [0.25, 0.3) is 5.91 Å². The number of hydrogen-bond acceptors (Lipinski definition) is 6. The number of amides is 2. The molecule has 2 aromatic rings. The van der Waals surface area contributed by atoms with Crippen LogP contribution in [0.1, 0.15) is 44.1 Å². The lowest BCUT2D eigenvalue weighted by atomic mass is 10.0. The molecule has 1 aromatic carbocycles. The summed E-state index contributed by atoms with van der Waals surface area (Å²) in [6, 6.07) is 7.81. The van der Waals surface area contributed by atoms with Crippen molar-refractivity contribution in [3.63, 3.8) is 0 Å². The van der Waals surface area contributed by atoms with Gasteiger partial charge in [-0.3, -0.25) is 4.79 Å². The molecule has 0 aliphatic carbocycles. The Hall–Kier alpha value is -2.13. The summed E-state index contributed by atoms with van der Waals surface area (Å²) in [4.78, 5) is 30.9. The van der Waals surface area contributed by atoms with Crippen molar-refractivity contribution in [1.82, 2.24) is 10.3 Å². The van der Waals surface area contributed by atoms with Gasteiger partial charge >= 0.3 is 6.09 Å². The van der Waals surface area contributed by atoms with Crippen molar-refractivity contribution in [2.45, 2.75) is 45.3 Å². The molecule has 2 N–H and O–H groups in total. The number of anilines is 2. The van der Waals surface area contributed by atoms with Crippen LogP contribution in [0.3, 0.4) is 0 Å². The number of nitrogens with one attached hydrogen (secondary N) is 2. The Balaban J connectivity index is 1.60. The Kier molecular flexibility index (Phi) is 6.79. The third kappa shape index (κ3) is 6.17. The Morgan fingerprint density at radius 3 is 2.55 bits per heavy atom. The van der Waals surface area contributed by atoms with Crippen LogP contribution in [0.4, 0.5) is 16.2 Å². The highest BCUT2D eigenvalue weighted by molar-refractivity contribution is 9.11. The van der Waals surface area contributed by atoms with Crippen LogP contribution in [0.5, 0.6) is 0 Å². The van der Waals surface area contributed by atoms with Gasteiger partial charge in [0.1, 0.15) is 11.3 Å². The van der Waals surface area contributed by atoms with E-state index in [2.05, 4.69) is 36.4 Å². The summed E-state index contributed by atoms with van der Waals surface area (Å²) in [5, 5.41) is 7.63. The van der Waals surface area contributed by atoms with Crippen LogP contribution >= 0.6 is 27.3 Å². The van der Waals surface area contributed by atoms with E-state index >= 15 is 0 Å². The molecule has 1 aliphatic heterocycles. The smallest absolute Gasteiger partial charge is 0.407 e. The summed E-state index contributed by atoms with van der Waals surface area (Å²) in [5.74, 6) is -0.235. The predicted molar refractivity (Wildman–Crippen MR) is 119 cm³/mol. The minimum atomic E-state index is -0.505. The molecule has 1 aromatic heterocycles. The number of ether oxygens (including phenoxy) is 1. The van der Waals surface area contributed by atoms with Gasteiger partial charge in [0, 0.05) is 24.5 Å². The first-order chi connectivity index (χ1) is 13.7. The Morgan fingerprint density at radius 1 is 1.24 bits per heavy atom. The van der Waals surface area contributed by atoms with E-state index in [0.717, 1.165) is 37.3 Å². The maximum Gasteiger partial charge on any atom is 0.407 e. The number of aromatic nitrogens is 1. The molecule has 0 saturated carbocycles. The van der Waals surface area contributed by atoms with Gasteiger partial charge in [0.05, 0.1) is 11.4 Å². The standard InChI is InChI=1S/C20H25BrN4O3S/c1-20(2,3)28-19(27)22-13-8-10-25(11-9-13)16-7-5-4-6-14(16)23-17(26)15-12-29-18(21)24-15/h4-7,12-13H,8-11H2,1-3H3,(H,22,27)(H,23,26). The minimum absolute atomic E-state index is 0.0789. The second-order valence-corrected chi connectivity index (χ2v) is 10.00. The second kappa shape index (κ2) is 9.13. The lowest BCUT2D eigenvalue weighted by molar-refractivity contribution is 0.0497. The number of halogens is 1. The van der Waals surface area contributed by atoms with Crippen molar-refractivity contribution in [2.75, 3.05) is 23.3 Å². The van der Waals surface area contributed by atoms with E-state index in [1.165, 1.54) is 11.3 Å². The number of carbonyl (C=O) groups is 2. The fourth-order valence-corrected chi connectivity index (χ4v) is 4.13. The maximum atomic E-state index is 12.5. The summed E-state index contributed by atoms with van der Waals surface area (Å²) in [7, 11) is 0. The number of hydrogen-bond donors (Lipinski definition) is 2. The van der Waals surface area contributed by atoms with Gasteiger partial charge < -0.3 is 20.3 Å². The molecular formula is C20H25BrN4O3S. The van der Waals surface area contributed by atoms with Crippen molar-refractivity contribution in [2.24, 2.45) is 0 Å². The molecule has 1 fully saturated rings. The molecule has 156 valence electrons. The van der Waals surface area contributed by atoms with E-state index in [9.17, 15) is 9.59 Å². The molecule has 3 rings (SSSR count). The number of benzene rings is 1. The van der Waals surface area contributed by atoms with Gasteiger partial charge in [-0.2, -0.15) is 0 Å². The van der Waals surface area contributed by atoms with Crippen LogP contribution in [-0.4, -0.2) is 41.7 Å². The maximum absolute atomic E-state index is 12.5. The first kappa shape index (κ1) is 21.6. The van der Waals surface area contributed by atoms with Gasteiger partial charge in [-0.15, -0.1) is 11.3 Å². The van der Waals surface area contributed by atoms with E-state index in [1.807, 2.05) is 45.0 Å². The van der Waals surface area contributed by atoms with Crippen LogP contribution in [0.15, 0.2) is 33.6 Å². The molecule has 0 atom stereocenters. The normalized spacial score (nSPS) is 15.1. The first-order valence-electron chi connectivity index (χ1n) is 9.47. The predicted octanol–water partition coefficient (Wildman–Crippen LogP) is 4.65. The molecule has 9 heteroatoms. The lowest BCUT2D eigenvalue weighted by Crippen LogP contribution is -2.46. The van der Waals surface area contributed by atoms with Gasteiger partial charge in [-0.05, 0) is 61.7 Å². The number of para-hydroxylation sites is 2. The molecule has 1 saturated heterocycles. The van der Waals surface area contributed by atoms with E-state index in [0.29, 0.717) is 9.61 Å². The Morgan fingerprint density at radius 2 is 1.93 bits per heavy atom. The summed E-state index contributed by atoms with van der Waals surface area (Å²) >= 11 is 4.66. The topological polar surface area (TPSA) is 83.6 Å². The zero-order valence-corrected chi connectivity index (χ0v) is 19.1. The fraction of sp³-hybridized carbons (Fsp3) is 0.450.